The fraction of sp³-hybridized carbons (Fsp3) is 0.286. The largest absolute Gasteiger partial charge is 0.496 e. The number of carbonyl (C=O) groups excluding carboxylic acids is 1. The second kappa shape index (κ2) is 11.5. The molecule has 0 aliphatic heterocycles. The van der Waals surface area contributed by atoms with Crippen LogP contribution in [0.3, 0.4) is 0 Å². The smallest absolute Gasteiger partial charge is 0.416 e. The Morgan fingerprint density at radius 1 is 1.00 bits per heavy atom. The molecular formula is C28H28F3NO5. The lowest BCUT2D eigenvalue weighted by Crippen LogP contribution is -2.40. The summed E-state index contributed by atoms with van der Waals surface area (Å²) in [6.45, 7) is 2.68. The van der Waals surface area contributed by atoms with E-state index in [-0.39, 0.29) is 18.5 Å². The zero-order valence-corrected chi connectivity index (χ0v) is 20.6. The number of carbonyl (C=O) groups is 2. The van der Waals surface area contributed by atoms with Crippen molar-refractivity contribution in [3.05, 3.63) is 89.0 Å². The van der Waals surface area contributed by atoms with E-state index in [0.717, 1.165) is 12.1 Å². The van der Waals surface area contributed by atoms with Gasteiger partial charge in [0.25, 0.3) is 0 Å². The van der Waals surface area contributed by atoms with Crippen molar-refractivity contribution in [3.63, 3.8) is 0 Å². The van der Waals surface area contributed by atoms with Gasteiger partial charge in [0, 0.05) is 19.0 Å². The van der Waals surface area contributed by atoms with E-state index in [4.69, 9.17) is 4.74 Å². The molecule has 1 amide bonds. The lowest BCUT2D eigenvalue weighted by Gasteiger charge is -2.33. The summed E-state index contributed by atoms with van der Waals surface area (Å²) in [6.07, 6.45) is -5.99. The molecule has 6 nitrogen and oxygen atoms in total. The molecule has 0 saturated carbocycles. The van der Waals surface area contributed by atoms with Crippen LogP contribution in [0, 0.1) is 0 Å². The molecule has 0 bridgehead atoms. The third-order valence-corrected chi connectivity index (χ3v) is 6.18. The number of aliphatic carboxylic acids is 1. The van der Waals surface area contributed by atoms with Crippen LogP contribution in [-0.2, 0) is 28.7 Å². The molecule has 0 aromatic heterocycles. The number of aliphatic hydroxyl groups excluding tert-OH is 1. The Morgan fingerprint density at radius 3 is 2.24 bits per heavy atom. The third kappa shape index (κ3) is 6.68. The highest BCUT2D eigenvalue weighted by Gasteiger charge is 2.32. The number of carboxylic acids is 1. The van der Waals surface area contributed by atoms with Crippen LogP contribution >= 0.6 is 0 Å². The molecule has 0 spiro atoms. The molecule has 3 aromatic rings. The highest BCUT2D eigenvalue weighted by Crippen LogP contribution is 2.38. The van der Waals surface area contributed by atoms with E-state index in [1.807, 2.05) is 0 Å². The summed E-state index contributed by atoms with van der Waals surface area (Å²) in [5.41, 5.74) is 1.02. The highest BCUT2D eigenvalue weighted by atomic mass is 19.4. The van der Waals surface area contributed by atoms with Crippen LogP contribution in [0.2, 0.25) is 0 Å². The molecule has 37 heavy (non-hydrogen) atoms. The number of alkyl halides is 3. The number of ether oxygens (including phenoxy) is 1. The minimum Gasteiger partial charge on any atom is -0.496 e. The van der Waals surface area contributed by atoms with Gasteiger partial charge in [0.15, 0.2) is 0 Å². The monoisotopic (exact) mass is 515 g/mol. The average Bonchev–Trinajstić information content (AvgIpc) is 2.85. The van der Waals surface area contributed by atoms with E-state index in [0.29, 0.717) is 28.0 Å². The number of benzene rings is 3. The fourth-order valence-corrected chi connectivity index (χ4v) is 4.24. The topological polar surface area (TPSA) is 87.1 Å². The summed E-state index contributed by atoms with van der Waals surface area (Å²) >= 11 is 0. The maximum absolute atomic E-state index is 13.6. The van der Waals surface area contributed by atoms with Crippen LogP contribution in [0.15, 0.2) is 66.7 Å². The molecule has 0 heterocycles. The molecule has 3 aromatic carbocycles. The second-order valence-electron chi connectivity index (χ2n) is 8.72. The number of halogens is 3. The Balaban J connectivity index is 2.13. The van der Waals surface area contributed by atoms with Gasteiger partial charge >= 0.3 is 12.1 Å². The standard InChI is InChI=1S/C28H28F3NO5/c1-17(27(36)20-7-5-4-6-8-20)32(18(2)33)16-21-15-22(28(29,30)31)10-11-23(21)24-13-19(14-26(34)35)9-12-25(24)37-3/h4-13,15,17,27,36H,14,16H2,1-3H3,(H,34,35)/t17?,27-/m0/s1. The van der Waals surface area contributed by atoms with Crippen LogP contribution in [0.1, 0.15) is 42.2 Å². The van der Waals surface area contributed by atoms with E-state index in [2.05, 4.69) is 0 Å². The predicted molar refractivity (Wildman–Crippen MR) is 132 cm³/mol. The van der Waals surface area contributed by atoms with Crippen LogP contribution in [0.25, 0.3) is 11.1 Å². The van der Waals surface area contributed by atoms with Gasteiger partial charge in [-0.25, -0.2) is 0 Å². The number of rotatable bonds is 9. The summed E-state index contributed by atoms with van der Waals surface area (Å²) in [6, 6.07) is 15.8. The van der Waals surface area contributed by atoms with Crippen molar-refractivity contribution >= 4 is 11.9 Å². The van der Waals surface area contributed by atoms with Crippen molar-refractivity contribution in [2.75, 3.05) is 7.11 Å². The minimum atomic E-state index is -4.63. The van der Waals surface area contributed by atoms with Gasteiger partial charge in [0.2, 0.25) is 5.91 Å². The van der Waals surface area contributed by atoms with Gasteiger partial charge in [0.05, 0.1) is 31.2 Å². The van der Waals surface area contributed by atoms with Crippen molar-refractivity contribution in [2.24, 2.45) is 0 Å². The molecule has 0 aliphatic carbocycles. The van der Waals surface area contributed by atoms with Crippen molar-refractivity contribution in [1.82, 2.24) is 4.90 Å². The summed E-state index contributed by atoms with van der Waals surface area (Å²) in [4.78, 5) is 25.2. The Morgan fingerprint density at radius 2 is 1.68 bits per heavy atom. The third-order valence-electron chi connectivity index (χ3n) is 6.18. The van der Waals surface area contributed by atoms with Crippen molar-refractivity contribution in [1.29, 1.82) is 0 Å². The van der Waals surface area contributed by atoms with E-state index < -0.39 is 35.8 Å². The van der Waals surface area contributed by atoms with Crippen molar-refractivity contribution in [2.45, 2.75) is 45.1 Å². The zero-order chi connectivity index (χ0) is 27.3. The summed E-state index contributed by atoms with van der Waals surface area (Å²) in [7, 11) is 1.40. The first-order chi connectivity index (χ1) is 17.4. The number of aliphatic hydroxyl groups is 1. The molecule has 0 aliphatic rings. The van der Waals surface area contributed by atoms with Crippen LogP contribution in [-0.4, -0.2) is 40.1 Å². The SMILES string of the molecule is COc1ccc(CC(=O)O)cc1-c1ccc(C(F)(F)F)cc1CN(C(C)=O)C(C)[C@H](O)c1ccccc1. The van der Waals surface area contributed by atoms with Gasteiger partial charge in [-0.2, -0.15) is 13.2 Å². The van der Waals surface area contributed by atoms with Gasteiger partial charge in [-0.15, -0.1) is 0 Å². The summed E-state index contributed by atoms with van der Waals surface area (Å²) in [5.74, 6) is -1.16. The maximum Gasteiger partial charge on any atom is 0.416 e. The fourth-order valence-electron chi connectivity index (χ4n) is 4.24. The van der Waals surface area contributed by atoms with E-state index in [1.165, 1.54) is 25.0 Å². The minimum absolute atomic E-state index is 0.169. The number of methoxy groups -OCH3 is 1. The normalized spacial score (nSPS) is 13.1. The molecule has 196 valence electrons. The summed E-state index contributed by atoms with van der Waals surface area (Å²) in [5, 5.41) is 20.1. The molecule has 1 unspecified atom stereocenters. The van der Waals surface area contributed by atoms with Crippen LogP contribution < -0.4 is 4.74 Å². The zero-order valence-electron chi connectivity index (χ0n) is 20.6. The molecule has 0 saturated heterocycles. The highest BCUT2D eigenvalue weighted by molar-refractivity contribution is 5.78. The Labute approximate surface area is 212 Å². The van der Waals surface area contributed by atoms with Crippen LogP contribution in [0.5, 0.6) is 5.75 Å². The number of hydrogen-bond acceptors (Lipinski definition) is 4. The maximum atomic E-state index is 13.6. The van der Waals surface area contributed by atoms with Gasteiger partial charge in [0.1, 0.15) is 5.75 Å². The predicted octanol–water partition coefficient (Wildman–Crippen LogP) is 5.48. The first kappa shape index (κ1) is 27.7. The lowest BCUT2D eigenvalue weighted by atomic mass is 9.93. The van der Waals surface area contributed by atoms with Crippen LogP contribution in [0.4, 0.5) is 13.2 Å². The molecule has 2 N–H and O–H groups in total. The number of hydrogen-bond donors (Lipinski definition) is 2. The molecule has 0 radical (unpaired) electrons. The Hall–Kier alpha value is -3.85. The van der Waals surface area contributed by atoms with E-state index >= 15 is 0 Å². The molecule has 0 fully saturated rings. The van der Waals surface area contributed by atoms with Gasteiger partial charge in [-0.05, 0) is 53.4 Å². The molecule has 2 atom stereocenters. The Bertz CT molecular complexity index is 1260. The number of nitrogens with zero attached hydrogens (tertiary/aromatic N) is 1. The first-order valence-corrected chi connectivity index (χ1v) is 11.5. The van der Waals surface area contributed by atoms with Gasteiger partial charge in [-0.1, -0.05) is 42.5 Å². The molecular weight excluding hydrogens is 487 g/mol. The Kier molecular flexibility index (Phi) is 8.60. The first-order valence-electron chi connectivity index (χ1n) is 11.5. The lowest BCUT2D eigenvalue weighted by molar-refractivity contribution is -0.138. The number of amides is 1. The summed E-state index contributed by atoms with van der Waals surface area (Å²) < 4.78 is 46.4. The number of carboxylic acid groups (broad SMARTS) is 1. The van der Waals surface area contributed by atoms with E-state index in [9.17, 15) is 33.0 Å². The average molecular weight is 516 g/mol. The van der Waals surface area contributed by atoms with Gasteiger partial charge < -0.3 is 19.8 Å². The van der Waals surface area contributed by atoms with Crippen molar-refractivity contribution in [3.8, 4) is 16.9 Å². The van der Waals surface area contributed by atoms with Gasteiger partial charge in [-0.3, -0.25) is 9.59 Å². The molecule has 9 heteroatoms. The van der Waals surface area contributed by atoms with Crippen molar-refractivity contribution < 1.29 is 37.7 Å². The van der Waals surface area contributed by atoms with E-state index in [1.54, 1.807) is 55.5 Å². The quantitative estimate of drug-likeness (QED) is 0.394. The molecule has 3 rings (SSSR count). The second-order valence-corrected chi connectivity index (χ2v) is 8.72.